The topological polar surface area (TPSA) is 76.5 Å². The molecule has 0 aliphatic carbocycles. The van der Waals surface area contributed by atoms with Crippen LogP contribution in [0.3, 0.4) is 0 Å². The summed E-state index contributed by atoms with van der Waals surface area (Å²) in [6.45, 7) is 4.64. The lowest BCUT2D eigenvalue weighted by Gasteiger charge is -2.41. The van der Waals surface area contributed by atoms with E-state index in [0.29, 0.717) is 17.6 Å². The minimum absolute atomic E-state index is 0.435. The molecule has 6 rings (SSSR count). The molecule has 1 aliphatic heterocycles. The first kappa shape index (κ1) is 22.3. The molecule has 1 fully saturated rings. The molecule has 3 aromatic carbocycles. The summed E-state index contributed by atoms with van der Waals surface area (Å²) in [4.78, 5) is 19.3. The number of benzene rings is 3. The first-order valence-electron chi connectivity index (χ1n) is 12.6. The largest absolute Gasteiger partial charge is 0.366 e. The molecule has 0 bridgehead atoms. The molecule has 0 radical (unpaired) electrons. The van der Waals surface area contributed by atoms with E-state index in [1.807, 2.05) is 53.4 Å². The lowest BCUT2D eigenvalue weighted by molar-refractivity contribution is 0.100. The van der Waals surface area contributed by atoms with Crippen molar-refractivity contribution in [2.45, 2.75) is 45.2 Å². The number of primary amides is 1. The van der Waals surface area contributed by atoms with E-state index in [9.17, 15) is 4.79 Å². The number of hydrogen-bond donors (Lipinski definition) is 1. The van der Waals surface area contributed by atoms with Crippen molar-refractivity contribution in [1.82, 2.24) is 14.6 Å². The molecule has 36 heavy (non-hydrogen) atoms. The Morgan fingerprint density at radius 1 is 0.861 bits per heavy atom. The second-order valence-corrected chi connectivity index (χ2v) is 9.82. The van der Waals surface area contributed by atoms with E-state index in [1.54, 1.807) is 6.07 Å². The van der Waals surface area contributed by atoms with E-state index in [2.05, 4.69) is 48.1 Å². The molecule has 0 unspecified atom stereocenters. The Morgan fingerprint density at radius 3 is 2.31 bits per heavy atom. The maximum absolute atomic E-state index is 11.9. The highest BCUT2D eigenvalue weighted by Crippen LogP contribution is 2.34. The number of rotatable bonds is 4. The van der Waals surface area contributed by atoms with Crippen LogP contribution in [0.1, 0.15) is 43.5 Å². The zero-order valence-corrected chi connectivity index (χ0v) is 20.6. The monoisotopic (exact) mass is 475 g/mol. The molecular weight excluding hydrogens is 446 g/mol. The van der Waals surface area contributed by atoms with Gasteiger partial charge in [0.25, 0.3) is 0 Å². The zero-order valence-electron chi connectivity index (χ0n) is 20.6. The molecule has 2 atom stereocenters. The van der Waals surface area contributed by atoms with Gasteiger partial charge < -0.3 is 10.6 Å². The van der Waals surface area contributed by atoms with Gasteiger partial charge in [-0.05, 0) is 73.2 Å². The van der Waals surface area contributed by atoms with Crippen LogP contribution < -0.4 is 10.6 Å². The van der Waals surface area contributed by atoms with Gasteiger partial charge in [0.2, 0.25) is 5.91 Å². The maximum Gasteiger partial charge on any atom is 0.249 e. The van der Waals surface area contributed by atoms with Gasteiger partial charge >= 0.3 is 0 Å². The maximum atomic E-state index is 11.9. The van der Waals surface area contributed by atoms with Gasteiger partial charge in [-0.3, -0.25) is 4.79 Å². The number of nitrogens with zero attached hydrogens (tertiary/aromatic N) is 4. The van der Waals surface area contributed by atoms with Crippen LogP contribution in [0, 0.1) is 0 Å². The van der Waals surface area contributed by atoms with Crippen molar-refractivity contribution in [3.05, 3.63) is 84.8 Å². The van der Waals surface area contributed by atoms with Gasteiger partial charge in [0, 0.05) is 46.9 Å². The molecule has 5 aromatic rings. The van der Waals surface area contributed by atoms with E-state index in [-0.39, 0.29) is 0 Å². The van der Waals surface area contributed by atoms with Crippen molar-refractivity contribution in [3.8, 4) is 22.3 Å². The minimum Gasteiger partial charge on any atom is -0.366 e. The van der Waals surface area contributed by atoms with Gasteiger partial charge in [-0.25, -0.2) is 9.50 Å². The fourth-order valence-electron chi connectivity index (χ4n) is 5.72. The van der Waals surface area contributed by atoms with E-state index in [1.165, 1.54) is 24.9 Å². The van der Waals surface area contributed by atoms with E-state index in [0.717, 1.165) is 38.7 Å². The van der Waals surface area contributed by atoms with Gasteiger partial charge in [-0.1, -0.05) is 42.5 Å². The molecule has 6 nitrogen and oxygen atoms in total. The summed E-state index contributed by atoms with van der Waals surface area (Å²) in [5.41, 5.74) is 12.2. The summed E-state index contributed by atoms with van der Waals surface area (Å²) >= 11 is 0. The van der Waals surface area contributed by atoms with Crippen LogP contribution in [0.2, 0.25) is 0 Å². The number of hydrogen-bond acceptors (Lipinski definition) is 4. The molecule has 0 saturated carbocycles. The highest BCUT2D eigenvalue weighted by atomic mass is 16.1. The fourth-order valence-corrected chi connectivity index (χ4v) is 5.72. The van der Waals surface area contributed by atoms with Crippen LogP contribution in [0.15, 0.2) is 79.3 Å². The Labute approximate surface area is 210 Å². The summed E-state index contributed by atoms with van der Waals surface area (Å²) < 4.78 is 1.82. The lowest BCUT2D eigenvalue weighted by atomic mass is 9.96. The first-order chi connectivity index (χ1) is 17.5. The molecule has 180 valence electrons. The van der Waals surface area contributed by atoms with Crippen molar-refractivity contribution in [2.75, 3.05) is 4.90 Å². The fraction of sp³-hybridized carbons (Fsp3) is 0.233. The molecule has 6 heteroatoms. The second-order valence-electron chi connectivity index (χ2n) is 9.82. The number of anilines is 1. The predicted octanol–water partition coefficient (Wildman–Crippen LogP) is 6.08. The summed E-state index contributed by atoms with van der Waals surface area (Å²) in [5, 5.41) is 6.39. The third kappa shape index (κ3) is 3.70. The van der Waals surface area contributed by atoms with Gasteiger partial charge in [-0.15, -0.1) is 0 Å². The summed E-state index contributed by atoms with van der Waals surface area (Å²) in [7, 11) is 0. The average molecular weight is 476 g/mol. The van der Waals surface area contributed by atoms with E-state index < -0.39 is 5.91 Å². The van der Waals surface area contributed by atoms with Crippen molar-refractivity contribution in [3.63, 3.8) is 0 Å². The van der Waals surface area contributed by atoms with E-state index in [4.69, 9.17) is 10.7 Å². The Hall–Kier alpha value is -4.19. The van der Waals surface area contributed by atoms with Crippen LogP contribution in [-0.4, -0.2) is 32.6 Å². The number of carbonyl (C=O) groups is 1. The number of carbonyl (C=O) groups excluding carboxylic acids is 1. The quantitative estimate of drug-likeness (QED) is 0.342. The third-order valence-corrected chi connectivity index (χ3v) is 7.53. The Bertz CT molecular complexity index is 1580. The normalized spacial score (nSPS) is 18.1. The van der Waals surface area contributed by atoms with Crippen LogP contribution in [-0.2, 0) is 0 Å². The van der Waals surface area contributed by atoms with Crippen molar-refractivity contribution >= 4 is 28.0 Å². The smallest absolute Gasteiger partial charge is 0.249 e. The van der Waals surface area contributed by atoms with Crippen LogP contribution >= 0.6 is 0 Å². The van der Waals surface area contributed by atoms with Crippen LogP contribution in [0.4, 0.5) is 5.69 Å². The van der Waals surface area contributed by atoms with Gasteiger partial charge in [0.1, 0.15) is 0 Å². The third-order valence-electron chi connectivity index (χ3n) is 7.53. The van der Waals surface area contributed by atoms with Crippen molar-refractivity contribution in [2.24, 2.45) is 5.73 Å². The number of nitrogens with two attached hydrogens (primary N) is 1. The first-order valence-corrected chi connectivity index (χ1v) is 12.6. The number of fused-ring (bicyclic) bond motifs is 2. The Balaban J connectivity index is 1.36. The summed E-state index contributed by atoms with van der Waals surface area (Å²) in [5.74, 6) is -0.435. The molecular formula is C30H29N5O. The minimum atomic E-state index is -0.435. The number of amides is 1. The van der Waals surface area contributed by atoms with Gasteiger partial charge in [0.05, 0.1) is 6.20 Å². The molecule has 1 aliphatic rings. The summed E-state index contributed by atoms with van der Waals surface area (Å²) in [6, 6.07) is 21.4. The van der Waals surface area contributed by atoms with Gasteiger partial charge in [0.15, 0.2) is 5.65 Å². The standard InChI is InChI=1S/C30H29N5O/c1-19-6-5-7-20(2)35(19)23-12-10-21(11-13-23)22-16-32-30-28(17-33-34(30)18-22)26-14-15-27(29(31)36)25-9-4-3-8-24(25)26/h3-4,8-20H,5-7H2,1-2H3,(H2,31,36)/t19-,20+. The van der Waals surface area contributed by atoms with Crippen LogP contribution in [0.25, 0.3) is 38.7 Å². The van der Waals surface area contributed by atoms with Crippen molar-refractivity contribution < 1.29 is 4.79 Å². The Morgan fingerprint density at radius 2 is 1.58 bits per heavy atom. The predicted molar refractivity (Wildman–Crippen MR) is 145 cm³/mol. The molecule has 2 N–H and O–H groups in total. The highest BCUT2D eigenvalue weighted by molar-refractivity contribution is 6.11. The van der Waals surface area contributed by atoms with Crippen molar-refractivity contribution in [1.29, 1.82) is 0 Å². The van der Waals surface area contributed by atoms with E-state index >= 15 is 0 Å². The SMILES string of the molecule is C[C@@H]1CCC[C@H](C)N1c1ccc(-c2cnc3c(-c4ccc(C(N)=O)c5ccccc45)cnn3c2)cc1. The highest BCUT2D eigenvalue weighted by Gasteiger charge is 2.24. The molecule has 1 saturated heterocycles. The average Bonchev–Trinajstić information content (AvgIpc) is 3.31. The number of aromatic nitrogens is 3. The Kier molecular flexibility index (Phi) is 5.44. The summed E-state index contributed by atoms with van der Waals surface area (Å²) in [6.07, 6.45) is 9.55. The van der Waals surface area contributed by atoms with Crippen LogP contribution in [0.5, 0.6) is 0 Å². The molecule has 3 heterocycles. The van der Waals surface area contributed by atoms with Gasteiger partial charge in [-0.2, -0.15) is 5.10 Å². The zero-order chi connectivity index (χ0) is 24.8. The number of piperidine rings is 1. The second kappa shape index (κ2) is 8.79. The lowest BCUT2D eigenvalue weighted by Crippen LogP contribution is -2.43. The molecule has 2 aromatic heterocycles. The molecule has 0 spiro atoms. The molecule has 1 amide bonds.